The summed E-state index contributed by atoms with van der Waals surface area (Å²) in [6, 6.07) is 6.62. The zero-order chi connectivity index (χ0) is 11.3. The van der Waals surface area contributed by atoms with Gasteiger partial charge in [-0.1, -0.05) is 22.0 Å². The number of nitriles is 1. The van der Waals surface area contributed by atoms with Gasteiger partial charge in [-0.25, -0.2) is 0 Å². The molecule has 1 rings (SSSR count). The number of aryl methyl sites for hydroxylation is 1. The van der Waals surface area contributed by atoms with Gasteiger partial charge in [-0.15, -0.1) is 0 Å². The van der Waals surface area contributed by atoms with Crippen LogP contribution in [0.4, 0.5) is 8.78 Å². The van der Waals surface area contributed by atoms with Crippen molar-refractivity contribution in [1.29, 1.82) is 5.26 Å². The Labute approximate surface area is 94.6 Å². The number of hydrogen-bond acceptors (Lipinski definition) is 2. The predicted molar refractivity (Wildman–Crippen MR) is 54.7 cm³/mol. The largest absolute Gasteiger partial charge is 0.435 e. The van der Waals surface area contributed by atoms with E-state index in [9.17, 15) is 8.78 Å². The van der Waals surface area contributed by atoms with Crippen molar-refractivity contribution in [2.45, 2.75) is 19.5 Å². The van der Waals surface area contributed by atoms with Crippen LogP contribution in [0, 0.1) is 11.3 Å². The summed E-state index contributed by atoms with van der Waals surface area (Å²) >= 11 is 3.23. The highest BCUT2D eigenvalue weighted by Gasteiger charge is 2.06. The summed E-state index contributed by atoms with van der Waals surface area (Å²) in [5.41, 5.74) is 0.901. The number of rotatable bonds is 4. The predicted octanol–water partition coefficient (Wildman–Crippen LogP) is 3.51. The number of hydrogen-bond donors (Lipinski definition) is 0. The number of benzene rings is 1. The van der Waals surface area contributed by atoms with Crippen LogP contribution in [-0.2, 0) is 6.42 Å². The lowest BCUT2D eigenvalue weighted by atomic mass is 10.1. The average Bonchev–Trinajstić information content (AvgIpc) is 2.15. The molecule has 5 heteroatoms. The van der Waals surface area contributed by atoms with Crippen LogP contribution in [-0.4, -0.2) is 6.61 Å². The van der Waals surface area contributed by atoms with Gasteiger partial charge in [0.2, 0.25) is 0 Å². The number of ether oxygens (including phenoxy) is 1. The molecule has 0 atom stereocenters. The van der Waals surface area contributed by atoms with Gasteiger partial charge in [0.05, 0.1) is 6.07 Å². The molecule has 0 unspecified atom stereocenters. The summed E-state index contributed by atoms with van der Waals surface area (Å²) < 4.78 is 28.7. The van der Waals surface area contributed by atoms with Crippen molar-refractivity contribution in [3.63, 3.8) is 0 Å². The smallest absolute Gasteiger partial charge is 0.387 e. The molecule has 0 N–H and O–H groups in total. The van der Waals surface area contributed by atoms with Crippen molar-refractivity contribution in [2.75, 3.05) is 0 Å². The van der Waals surface area contributed by atoms with Gasteiger partial charge >= 0.3 is 6.61 Å². The van der Waals surface area contributed by atoms with Gasteiger partial charge in [-0.3, -0.25) is 0 Å². The number of nitrogens with zero attached hydrogens (tertiary/aromatic N) is 1. The van der Waals surface area contributed by atoms with Crippen molar-refractivity contribution < 1.29 is 13.5 Å². The second kappa shape index (κ2) is 5.66. The minimum absolute atomic E-state index is 0.109. The number of alkyl halides is 2. The minimum Gasteiger partial charge on any atom is -0.435 e. The van der Waals surface area contributed by atoms with Crippen LogP contribution in [0.25, 0.3) is 0 Å². The Bertz CT molecular complexity index is 376. The summed E-state index contributed by atoms with van der Waals surface area (Å²) in [4.78, 5) is 0. The normalized spacial score (nSPS) is 10.1. The molecule has 0 radical (unpaired) electrons. The molecule has 0 aliphatic heterocycles. The first-order valence-corrected chi connectivity index (χ1v) is 5.03. The fraction of sp³-hybridized carbons (Fsp3) is 0.300. The summed E-state index contributed by atoms with van der Waals surface area (Å²) in [5, 5.41) is 8.40. The molecule has 0 saturated heterocycles. The molecule has 0 spiro atoms. The van der Waals surface area contributed by atoms with Crippen LogP contribution in [0.1, 0.15) is 12.0 Å². The Hall–Kier alpha value is -1.15. The second-order valence-electron chi connectivity index (χ2n) is 2.79. The second-order valence-corrected chi connectivity index (χ2v) is 3.64. The molecular formula is C10H8BrF2NO. The van der Waals surface area contributed by atoms with Crippen LogP contribution in [0.2, 0.25) is 0 Å². The Balaban J connectivity index is 2.75. The first kappa shape index (κ1) is 11.9. The van der Waals surface area contributed by atoms with Crippen LogP contribution in [0.5, 0.6) is 5.75 Å². The number of halogens is 3. The Morgan fingerprint density at radius 1 is 1.47 bits per heavy atom. The first-order chi connectivity index (χ1) is 7.13. The maximum atomic E-state index is 11.9. The Kier molecular flexibility index (Phi) is 4.50. The van der Waals surface area contributed by atoms with E-state index in [4.69, 9.17) is 5.26 Å². The van der Waals surface area contributed by atoms with Gasteiger partial charge in [0, 0.05) is 10.9 Å². The van der Waals surface area contributed by atoms with Crippen molar-refractivity contribution in [1.82, 2.24) is 0 Å². The highest BCUT2D eigenvalue weighted by atomic mass is 79.9. The summed E-state index contributed by atoms with van der Waals surface area (Å²) in [7, 11) is 0. The maximum Gasteiger partial charge on any atom is 0.387 e. The van der Waals surface area contributed by atoms with E-state index in [2.05, 4.69) is 20.7 Å². The molecule has 0 aromatic heterocycles. The molecule has 0 bridgehead atoms. The summed E-state index contributed by atoms with van der Waals surface area (Å²) in [5.74, 6) is 0.109. The van der Waals surface area contributed by atoms with Gasteiger partial charge in [0.25, 0.3) is 0 Å². The van der Waals surface area contributed by atoms with Crippen LogP contribution >= 0.6 is 15.9 Å². The van der Waals surface area contributed by atoms with Crippen LogP contribution in [0.3, 0.4) is 0 Å². The van der Waals surface area contributed by atoms with Gasteiger partial charge in [-0.05, 0) is 24.1 Å². The van der Waals surface area contributed by atoms with E-state index in [1.165, 1.54) is 12.1 Å². The molecule has 0 heterocycles. The maximum absolute atomic E-state index is 11.9. The van der Waals surface area contributed by atoms with Gasteiger partial charge < -0.3 is 4.74 Å². The lowest BCUT2D eigenvalue weighted by molar-refractivity contribution is -0.0498. The summed E-state index contributed by atoms with van der Waals surface area (Å²) in [6.07, 6.45) is 0.986. The van der Waals surface area contributed by atoms with E-state index in [1.54, 1.807) is 6.07 Å². The lowest BCUT2D eigenvalue weighted by Crippen LogP contribution is -2.02. The molecule has 80 valence electrons. The molecular weight excluding hydrogens is 268 g/mol. The molecule has 0 saturated carbocycles. The zero-order valence-electron chi connectivity index (χ0n) is 7.71. The molecule has 0 aliphatic rings. The van der Waals surface area contributed by atoms with Crippen LogP contribution < -0.4 is 4.74 Å². The van der Waals surface area contributed by atoms with E-state index < -0.39 is 6.61 Å². The third-order valence-electron chi connectivity index (χ3n) is 1.76. The highest BCUT2D eigenvalue weighted by Crippen LogP contribution is 2.25. The van der Waals surface area contributed by atoms with Crippen molar-refractivity contribution in [3.8, 4) is 11.8 Å². The fourth-order valence-corrected chi connectivity index (χ4v) is 1.65. The average molecular weight is 276 g/mol. The van der Waals surface area contributed by atoms with Gasteiger partial charge in [0.1, 0.15) is 5.75 Å². The first-order valence-electron chi connectivity index (χ1n) is 4.23. The third-order valence-corrected chi connectivity index (χ3v) is 2.49. The molecule has 0 amide bonds. The standard InChI is InChI=1S/C10H8BrF2NO/c11-9-6-8(15-10(12)13)4-3-7(9)2-1-5-14/h3-4,6,10H,1-2H2. The monoisotopic (exact) mass is 275 g/mol. The molecule has 1 aromatic carbocycles. The van der Waals surface area contributed by atoms with Crippen LogP contribution in [0.15, 0.2) is 22.7 Å². The van der Waals surface area contributed by atoms with E-state index in [0.717, 1.165) is 5.56 Å². The topological polar surface area (TPSA) is 33.0 Å². The minimum atomic E-state index is -2.82. The molecule has 2 nitrogen and oxygen atoms in total. The highest BCUT2D eigenvalue weighted by molar-refractivity contribution is 9.10. The quantitative estimate of drug-likeness (QED) is 0.843. The molecule has 0 fully saturated rings. The van der Waals surface area contributed by atoms with E-state index >= 15 is 0 Å². The summed E-state index contributed by atoms with van der Waals surface area (Å²) in [6.45, 7) is -2.82. The lowest BCUT2D eigenvalue weighted by Gasteiger charge is -2.07. The molecule has 15 heavy (non-hydrogen) atoms. The van der Waals surface area contributed by atoms with Gasteiger partial charge in [-0.2, -0.15) is 14.0 Å². The van der Waals surface area contributed by atoms with Gasteiger partial charge in [0.15, 0.2) is 0 Å². The zero-order valence-corrected chi connectivity index (χ0v) is 9.30. The SMILES string of the molecule is N#CCCc1ccc(OC(F)F)cc1Br. The Morgan fingerprint density at radius 3 is 2.73 bits per heavy atom. The van der Waals surface area contributed by atoms with E-state index in [-0.39, 0.29) is 5.75 Å². The van der Waals surface area contributed by atoms with Crippen molar-refractivity contribution >= 4 is 15.9 Å². The van der Waals surface area contributed by atoms with Crippen molar-refractivity contribution in [2.24, 2.45) is 0 Å². The van der Waals surface area contributed by atoms with Crippen molar-refractivity contribution in [3.05, 3.63) is 28.2 Å². The molecule has 0 aliphatic carbocycles. The molecule has 1 aromatic rings. The van der Waals surface area contributed by atoms with E-state index in [0.29, 0.717) is 17.3 Å². The third kappa shape index (κ3) is 3.84. The fourth-order valence-electron chi connectivity index (χ4n) is 1.10. The Morgan fingerprint density at radius 2 is 2.20 bits per heavy atom. The van der Waals surface area contributed by atoms with E-state index in [1.807, 2.05) is 6.07 Å².